The molecule has 4 nitrogen and oxygen atoms in total. The number of benzene rings is 1. The molecular formula is C12H15N3OS. The summed E-state index contributed by atoms with van der Waals surface area (Å²) in [5.41, 5.74) is 1.62. The number of H-pyrrole nitrogens is 2. The molecule has 0 aliphatic carbocycles. The van der Waals surface area contributed by atoms with E-state index in [1.54, 1.807) is 0 Å². The lowest BCUT2D eigenvalue weighted by Crippen LogP contribution is -2.21. The van der Waals surface area contributed by atoms with E-state index in [1.807, 2.05) is 24.3 Å². The molecule has 17 heavy (non-hydrogen) atoms. The number of aromatic amines is 2. The van der Waals surface area contributed by atoms with Crippen LogP contribution in [-0.4, -0.2) is 14.8 Å². The van der Waals surface area contributed by atoms with Crippen molar-refractivity contribution < 1.29 is 0 Å². The Morgan fingerprint density at radius 1 is 1.18 bits per heavy atom. The van der Waals surface area contributed by atoms with E-state index in [4.69, 9.17) is 12.2 Å². The summed E-state index contributed by atoms with van der Waals surface area (Å²) < 4.78 is 1.86. The smallest absolute Gasteiger partial charge is 0.272 e. The molecule has 2 aromatic rings. The molecule has 0 bridgehead atoms. The molecule has 0 saturated heterocycles. The zero-order valence-electron chi connectivity index (χ0n) is 10.1. The van der Waals surface area contributed by atoms with E-state index in [2.05, 4.69) is 31.0 Å². The Bertz CT molecular complexity index is 615. The monoisotopic (exact) mass is 249 g/mol. The van der Waals surface area contributed by atoms with Gasteiger partial charge in [0.2, 0.25) is 4.77 Å². The highest BCUT2D eigenvalue weighted by atomic mass is 32.1. The zero-order valence-corrected chi connectivity index (χ0v) is 10.9. The van der Waals surface area contributed by atoms with Gasteiger partial charge >= 0.3 is 5.69 Å². The Morgan fingerprint density at radius 3 is 2.35 bits per heavy atom. The van der Waals surface area contributed by atoms with E-state index < -0.39 is 0 Å². The van der Waals surface area contributed by atoms with E-state index in [9.17, 15) is 4.79 Å². The molecule has 0 radical (unpaired) electrons. The third-order valence-electron chi connectivity index (χ3n) is 2.64. The second kappa shape index (κ2) is 4.00. The van der Waals surface area contributed by atoms with Gasteiger partial charge in [0, 0.05) is 0 Å². The van der Waals surface area contributed by atoms with Gasteiger partial charge in [-0.2, -0.15) is 0 Å². The third-order valence-corrected chi connectivity index (χ3v) is 2.92. The summed E-state index contributed by atoms with van der Waals surface area (Å²) >= 11 is 5.11. The van der Waals surface area contributed by atoms with Crippen LogP contribution in [0.2, 0.25) is 0 Å². The minimum absolute atomic E-state index is 0.0466. The molecule has 0 atom stereocenters. The summed E-state index contributed by atoms with van der Waals surface area (Å²) in [5, 5.41) is 5.15. The SMILES string of the molecule is CC(C)(C)c1ccccc1-n1c(=O)[nH][nH]c1=S. The van der Waals surface area contributed by atoms with Crippen molar-refractivity contribution in [3.63, 3.8) is 0 Å². The van der Waals surface area contributed by atoms with Crippen molar-refractivity contribution in [3.8, 4) is 5.69 Å². The van der Waals surface area contributed by atoms with Gasteiger partial charge in [-0.25, -0.2) is 14.5 Å². The fourth-order valence-corrected chi connectivity index (χ4v) is 2.06. The van der Waals surface area contributed by atoms with Crippen LogP contribution < -0.4 is 5.69 Å². The fraction of sp³-hybridized carbons (Fsp3) is 0.333. The number of rotatable bonds is 1. The summed E-state index contributed by atoms with van der Waals surface area (Å²) in [6.07, 6.45) is 0. The van der Waals surface area contributed by atoms with Gasteiger partial charge in [0.25, 0.3) is 0 Å². The van der Waals surface area contributed by atoms with E-state index in [1.165, 1.54) is 4.57 Å². The molecule has 1 aromatic carbocycles. The predicted octanol–water partition coefficient (Wildman–Crippen LogP) is 2.52. The van der Waals surface area contributed by atoms with Gasteiger partial charge < -0.3 is 0 Å². The van der Waals surface area contributed by atoms with Crippen molar-refractivity contribution in [2.75, 3.05) is 0 Å². The summed E-state index contributed by atoms with van der Waals surface area (Å²) in [6, 6.07) is 7.79. The van der Waals surface area contributed by atoms with Crippen molar-refractivity contribution in [2.24, 2.45) is 0 Å². The van der Waals surface area contributed by atoms with Crippen LogP contribution in [0, 0.1) is 4.77 Å². The van der Waals surface area contributed by atoms with Crippen LogP contribution in [0.5, 0.6) is 0 Å². The maximum atomic E-state index is 11.7. The first-order valence-corrected chi connectivity index (χ1v) is 5.81. The highest BCUT2D eigenvalue weighted by Gasteiger charge is 2.19. The zero-order chi connectivity index (χ0) is 12.6. The van der Waals surface area contributed by atoms with Gasteiger partial charge in [-0.3, -0.25) is 5.10 Å². The molecule has 0 unspecified atom stereocenters. The van der Waals surface area contributed by atoms with E-state index in [0.29, 0.717) is 4.77 Å². The molecule has 0 amide bonds. The number of para-hydroxylation sites is 1. The van der Waals surface area contributed by atoms with Crippen molar-refractivity contribution >= 4 is 12.2 Å². The average molecular weight is 249 g/mol. The highest BCUT2D eigenvalue weighted by Crippen LogP contribution is 2.27. The van der Waals surface area contributed by atoms with E-state index >= 15 is 0 Å². The molecule has 0 fully saturated rings. The molecular weight excluding hydrogens is 234 g/mol. The molecule has 0 spiro atoms. The molecule has 0 aliphatic heterocycles. The van der Waals surface area contributed by atoms with Gasteiger partial charge in [-0.05, 0) is 29.3 Å². The predicted molar refractivity (Wildman–Crippen MR) is 70.3 cm³/mol. The molecule has 1 heterocycles. The lowest BCUT2D eigenvalue weighted by Gasteiger charge is -2.22. The number of hydrogen-bond donors (Lipinski definition) is 2. The summed E-state index contributed by atoms with van der Waals surface area (Å²) in [6.45, 7) is 6.32. The van der Waals surface area contributed by atoms with Crippen LogP contribution in [0.25, 0.3) is 5.69 Å². The maximum Gasteiger partial charge on any atom is 0.347 e. The van der Waals surface area contributed by atoms with Crippen LogP contribution >= 0.6 is 12.2 Å². The Kier molecular flexibility index (Phi) is 2.79. The van der Waals surface area contributed by atoms with Crippen molar-refractivity contribution in [2.45, 2.75) is 26.2 Å². The first-order valence-electron chi connectivity index (χ1n) is 5.41. The molecule has 2 N–H and O–H groups in total. The Hall–Kier alpha value is -1.62. The Balaban J connectivity index is 2.78. The first-order chi connectivity index (χ1) is 7.91. The number of nitrogens with zero attached hydrogens (tertiary/aromatic N) is 1. The lowest BCUT2D eigenvalue weighted by atomic mass is 9.86. The second-order valence-corrected chi connectivity index (χ2v) is 5.35. The normalized spacial score (nSPS) is 11.7. The molecule has 0 saturated carbocycles. The van der Waals surface area contributed by atoms with Gasteiger partial charge in [-0.15, -0.1) is 0 Å². The summed E-state index contributed by atoms with van der Waals surface area (Å²) in [4.78, 5) is 11.7. The second-order valence-electron chi connectivity index (χ2n) is 4.96. The Labute approximate surface area is 104 Å². The number of nitrogens with one attached hydrogen (secondary N) is 2. The highest BCUT2D eigenvalue weighted by molar-refractivity contribution is 7.71. The number of hydrogen-bond acceptors (Lipinski definition) is 2. The molecule has 0 aliphatic rings. The van der Waals surface area contributed by atoms with E-state index in [-0.39, 0.29) is 11.1 Å². The summed E-state index contributed by atoms with van der Waals surface area (Å²) in [5.74, 6) is 0. The van der Waals surface area contributed by atoms with Crippen LogP contribution in [0.3, 0.4) is 0 Å². The minimum Gasteiger partial charge on any atom is -0.272 e. The first kappa shape index (κ1) is 11.9. The Morgan fingerprint density at radius 2 is 1.82 bits per heavy atom. The van der Waals surface area contributed by atoms with Crippen LogP contribution in [-0.2, 0) is 5.41 Å². The number of aromatic nitrogens is 3. The van der Waals surface area contributed by atoms with Crippen LogP contribution in [0.1, 0.15) is 26.3 Å². The molecule has 2 rings (SSSR count). The van der Waals surface area contributed by atoms with E-state index in [0.717, 1.165) is 11.3 Å². The van der Waals surface area contributed by atoms with Gasteiger partial charge in [-0.1, -0.05) is 39.0 Å². The fourth-order valence-electron chi connectivity index (χ4n) is 1.83. The largest absolute Gasteiger partial charge is 0.347 e. The molecule has 90 valence electrons. The van der Waals surface area contributed by atoms with Crippen LogP contribution in [0.15, 0.2) is 29.1 Å². The molecule has 1 aromatic heterocycles. The quantitative estimate of drug-likeness (QED) is 0.763. The van der Waals surface area contributed by atoms with Crippen molar-refractivity contribution in [1.29, 1.82) is 0 Å². The molecule has 5 heteroatoms. The minimum atomic E-state index is -0.244. The van der Waals surface area contributed by atoms with Crippen molar-refractivity contribution in [1.82, 2.24) is 14.8 Å². The van der Waals surface area contributed by atoms with Gasteiger partial charge in [0.05, 0.1) is 5.69 Å². The van der Waals surface area contributed by atoms with Crippen molar-refractivity contribution in [3.05, 3.63) is 45.1 Å². The lowest BCUT2D eigenvalue weighted by molar-refractivity contribution is 0.585. The summed E-state index contributed by atoms with van der Waals surface area (Å²) in [7, 11) is 0. The van der Waals surface area contributed by atoms with Gasteiger partial charge in [0.1, 0.15) is 0 Å². The standard InChI is InChI=1S/C12H15N3OS/c1-12(2,3)8-6-4-5-7-9(8)15-10(16)13-14-11(15)17/h4-7H,1-3H3,(H,13,16)(H,14,17). The third kappa shape index (κ3) is 2.10. The van der Waals surface area contributed by atoms with Crippen LogP contribution in [0.4, 0.5) is 0 Å². The average Bonchev–Trinajstić information content (AvgIpc) is 2.57. The topological polar surface area (TPSA) is 53.6 Å². The maximum absolute atomic E-state index is 11.7. The van der Waals surface area contributed by atoms with Gasteiger partial charge in [0.15, 0.2) is 0 Å².